The van der Waals surface area contributed by atoms with Crippen molar-refractivity contribution in [1.82, 2.24) is 10.6 Å². The quantitative estimate of drug-likeness (QED) is 0.676. The number of nitrogens with one attached hydrogen (secondary N) is 2. The maximum Gasteiger partial charge on any atom is 0.257 e. The zero-order valence-corrected chi connectivity index (χ0v) is 13.5. The molecule has 2 amide bonds. The fourth-order valence-electron chi connectivity index (χ4n) is 3.03. The van der Waals surface area contributed by atoms with Gasteiger partial charge in [-0.1, -0.05) is 6.07 Å². The number of benzene rings is 1. The summed E-state index contributed by atoms with van der Waals surface area (Å²) in [5.41, 5.74) is 0.801. The van der Waals surface area contributed by atoms with Gasteiger partial charge in [0.05, 0.1) is 6.10 Å². The molecule has 2 aliphatic rings. The van der Waals surface area contributed by atoms with Crippen molar-refractivity contribution < 1.29 is 19.4 Å². The summed E-state index contributed by atoms with van der Waals surface area (Å²) >= 11 is 0. The third-order valence-corrected chi connectivity index (χ3v) is 4.44. The van der Waals surface area contributed by atoms with E-state index in [-0.39, 0.29) is 24.3 Å². The SMILES string of the molecule is O=C(COc1cccc(N2CCCC2=O)c1)NCC1CNCC1O. The fraction of sp³-hybridized carbons (Fsp3) is 0.529. The van der Waals surface area contributed by atoms with E-state index in [9.17, 15) is 14.7 Å². The summed E-state index contributed by atoms with van der Waals surface area (Å²) in [7, 11) is 0. The molecule has 7 nitrogen and oxygen atoms in total. The average molecular weight is 333 g/mol. The second-order valence-electron chi connectivity index (χ2n) is 6.22. The van der Waals surface area contributed by atoms with Gasteiger partial charge >= 0.3 is 0 Å². The summed E-state index contributed by atoms with van der Waals surface area (Å²) in [5, 5.41) is 15.5. The summed E-state index contributed by atoms with van der Waals surface area (Å²) < 4.78 is 5.52. The third kappa shape index (κ3) is 4.04. The van der Waals surface area contributed by atoms with Crippen LogP contribution in [-0.4, -0.2) is 55.8 Å². The predicted octanol–water partition coefficient (Wildman–Crippen LogP) is -0.111. The van der Waals surface area contributed by atoms with Crippen LogP contribution in [0, 0.1) is 5.92 Å². The predicted molar refractivity (Wildman–Crippen MR) is 88.9 cm³/mol. The third-order valence-electron chi connectivity index (χ3n) is 4.44. The zero-order valence-electron chi connectivity index (χ0n) is 13.5. The van der Waals surface area contributed by atoms with Crippen molar-refractivity contribution in [3.05, 3.63) is 24.3 Å². The van der Waals surface area contributed by atoms with Gasteiger partial charge in [0.2, 0.25) is 5.91 Å². The average Bonchev–Trinajstić information content (AvgIpc) is 3.19. The Labute approximate surface area is 141 Å². The number of aliphatic hydroxyl groups is 1. The van der Waals surface area contributed by atoms with Crippen LogP contribution in [0.3, 0.4) is 0 Å². The minimum atomic E-state index is -0.416. The Hall–Kier alpha value is -2.12. The molecular formula is C17H23N3O4. The lowest BCUT2D eigenvalue weighted by Gasteiger charge is -2.17. The monoisotopic (exact) mass is 333 g/mol. The molecule has 0 saturated carbocycles. The van der Waals surface area contributed by atoms with Crippen molar-refractivity contribution in [2.24, 2.45) is 5.92 Å². The summed E-state index contributed by atoms with van der Waals surface area (Å²) in [4.78, 5) is 25.4. The molecule has 2 fully saturated rings. The smallest absolute Gasteiger partial charge is 0.257 e. The van der Waals surface area contributed by atoms with Crippen LogP contribution in [0.2, 0.25) is 0 Å². The highest BCUT2D eigenvalue weighted by molar-refractivity contribution is 5.95. The number of hydrogen-bond donors (Lipinski definition) is 3. The van der Waals surface area contributed by atoms with E-state index in [1.54, 1.807) is 17.0 Å². The number of carbonyl (C=O) groups is 2. The Kier molecular flexibility index (Phi) is 5.32. The topological polar surface area (TPSA) is 90.9 Å². The lowest BCUT2D eigenvalue weighted by Crippen LogP contribution is -2.36. The molecule has 3 rings (SSSR count). The fourth-order valence-corrected chi connectivity index (χ4v) is 3.03. The van der Waals surface area contributed by atoms with Gasteiger partial charge in [-0.3, -0.25) is 9.59 Å². The Morgan fingerprint density at radius 1 is 1.42 bits per heavy atom. The second kappa shape index (κ2) is 7.63. The molecule has 0 aromatic heterocycles. The Morgan fingerprint density at radius 2 is 2.29 bits per heavy atom. The molecule has 2 heterocycles. The Balaban J connectivity index is 1.47. The molecule has 130 valence electrons. The van der Waals surface area contributed by atoms with Gasteiger partial charge in [0.25, 0.3) is 5.91 Å². The van der Waals surface area contributed by atoms with Crippen molar-refractivity contribution in [3.8, 4) is 5.75 Å². The number of rotatable bonds is 6. The second-order valence-corrected chi connectivity index (χ2v) is 6.22. The molecule has 1 aromatic carbocycles. The maximum atomic E-state index is 11.9. The Bertz CT molecular complexity index is 607. The molecule has 7 heteroatoms. The highest BCUT2D eigenvalue weighted by Crippen LogP contribution is 2.25. The first-order valence-corrected chi connectivity index (χ1v) is 8.32. The number of aliphatic hydroxyl groups excluding tert-OH is 1. The van der Waals surface area contributed by atoms with E-state index in [4.69, 9.17) is 4.74 Å². The molecule has 24 heavy (non-hydrogen) atoms. The molecule has 0 bridgehead atoms. The van der Waals surface area contributed by atoms with Crippen LogP contribution in [0.5, 0.6) is 5.75 Å². The highest BCUT2D eigenvalue weighted by atomic mass is 16.5. The number of hydrogen-bond acceptors (Lipinski definition) is 5. The number of β-amino-alcohol motifs (C(OH)–C–C–N with tert-alkyl or cyclic N) is 1. The number of ether oxygens (including phenoxy) is 1. The van der Waals surface area contributed by atoms with Crippen LogP contribution < -0.4 is 20.3 Å². The van der Waals surface area contributed by atoms with E-state index in [1.165, 1.54) is 0 Å². The van der Waals surface area contributed by atoms with Crippen LogP contribution in [0.1, 0.15) is 12.8 Å². The van der Waals surface area contributed by atoms with Crippen LogP contribution in [-0.2, 0) is 9.59 Å². The van der Waals surface area contributed by atoms with Gasteiger partial charge in [-0.05, 0) is 18.6 Å². The molecule has 1 aromatic rings. The Morgan fingerprint density at radius 3 is 3.00 bits per heavy atom. The van der Waals surface area contributed by atoms with Crippen LogP contribution >= 0.6 is 0 Å². The van der Waals surface area contributed by atoms with Crippen molar-refractivity contribution in [2.75, 3.05) is 37.7 Å². The van der Waals surface area contributed by atoms with Gasteiger partial charge in [0, 0.05) is 50.3 Å². The maximum absolute atomic E-state index is 11.9. The van der Waals surface area contributed by atoms with Crippen LogP contribution in [0.4, 0.5) is 5.69 Å². The summed E-state index contributed by atoms with van der Waals surface area (Å²) in [6, 6.07) is 7.22. The molecule has 2 atom stereocenters. The molecule has 2 unspecified atom stereocenters. The van der Waals surface area contributed by atoms with Crippen molar-refractivity contribution in [1.29, 1.82) is 0 Å². The largest absolute Gasteiger partial charge is 0.484 e. The van der Waals surface area contributed by atoms with Gasteiger partial charge in [-0.2, -0.15) is 0 Å². The minimum Gasteiger partial charge on any atom is -0.484 e. The lowest BCUT2D eigenvalue weighted by molar-refractivity contribution is -0.123. The highest BCUT2D eigenvalue weighted by Gasteiger charge is 2.25. The molecule has 0 spiro atoms. The summed E-state index contributed by atoms with van der Waals surface area (Å²) in [6.07, 6.45) is 1.03. The van der Waals surface area contributed by atoms with Crippen molar-refractivity contribution >= 4 is 17.5 Å². The lowest BCUT2D eigenvalue weighted by atomic mass is 10.1. The van der Waals surface area contributed by atoms with Gasteiger partial charge in [0.15, 0.2) is 6.61 Å². The normalized spacial score (nSPS) is 23.5. The number of anilines is 1. The number of nitrogens with zero attached hydrogens (tertiary/aromatic N) is 1. The molecule has 2 saturated heterocycles. The number of amides is 2. The number of carbonyl (C=O) groups excluding carboxylic acids is 2. The molecule has 2 aliphatic heterocycles. The standard InChI is InChI=1S/C17H23N3O4/c21-15-10-18-8-12(15)9-19-16(22)11-24-14-4-1-3-13(7-14)20-6-2-5-17(20)23/h1,3-4,7,12,15,18,21H,2,5-6,8-11H2,(H,19,22). The van der Waals surface area contributed by atoms with E-state index < -0.39 is 6.10 Å². The molecule has 0 aliphatic carbocycles. The van der Waals surface area contributed by atoms with E-state index in [0.717, 1.165) is 18.7 Å². The minimum absolute atomic E-state index is 0.0402. The van der Waals surface area contributed by atoms with E-state index in [1.807, 2.05) is 12.1 Å². The molecule has 0 radical (unpaired) electrons. The van der Waals surface area contributed by atoms with Gasteiger partial charge in [-0.15, -0.1) is 0 Å². The first-order valence-electron chi connectivity index (χ1n) is 8.32. The molecular weight excluding hydrogens is 310 g/mol. The van der Waals surface area contributed by atoms with Crippen LogP contribution in [0.15, 0.2) is 24.3 Å². The van der Waals surface area contributed by atoms with Gasteiger partial charge in [0.1, 0.15) is 5.75 Å². The van der Waals surface area contributed by atoms with Crippen molar-refractivity contribution in [3.63, 3.8) is 0 Å². The van der Waals surface area contributed by atoms with Crippen molar-refractivity contribution in [2.45, 2.75) is 18.9 Å². The molecule has 3 N–H and O–H groups in total. The van der Waals surface area contributed by atoms with Crippen LogP contribution in [0.25, 0.3) is 0 Å². The summed E-state index contributed by atoms with van der Waals surface area (Å²) in [5.74, 6) is 0.494. The van der Waals surface area contributed by atoms with Gasteiger partial charge < -0.3 is 25.4 Å². The van der Waals surface area contributed by atoms with E-state index in [2.05, 4.69) is 10.6 Å². The zero-order chi connectivity index (χ0) is 16.9. The van der Waals surface area contributed by atoms with Gasteiger partial charge in [-0.25, -0.2) is 0 Å². The first kappa shape index (κ1) is 16.7. The summed E-state index contributed by atoms with van der Waals surface area (Å²) in [6.45, 7) is 2.33. The van der Waals surface area contributed by atoms with E-state index >= 15 is 0 Å². The first-order chi connectivity index (χ1) is 11.6. The van der Waals surface area contributed by atoms with E-state index in [0.29, 0.717) is 31.8 Å².